The molecule has 1 rings (SSSR count). The van der Waals surface area contributed by atoms with Gasteiger partial charge < -0.3 is 0 Å². The Kier molecular flexibility index (Phi) is 5.12. The summed E-state index contributed by atoms with van der Waals surface area (Å²) in [4.78, 5) is 9.18. The van der Waals surface area contributed by atoms with Crippen molar-refractivity contribution >= 4 is 15.7 Å². The van der Waals surface area contributed by atoms with Crippen LogP contribution in [0.4, 0.5) is 10.1 Å². The minimum atomic E-state index is -3.97. The van der Waals surface area contributed by atoms with Crippen LogP contribution in [0.1, 0.15) is 13.3 Å². The Morgan fingerprint density at radius 2 is 2.15 bits per heavy atom. The molecule has 0 bridgehead atoms. The van der Waals surface area contributed by atoms with Crippen molar-refractivity contribution in [3.05, 3.63) is 34.1 Å². The lowest BCUT2D eigenvalue weighted by Crippen LogP contribution is -2.31. The Labute approximate surface area is 115 Å². The first-order valence-electron chi connectivity index (χ1n) is 5.65. The number of nitriles is 1. The van der Waals surface area contributed by atoms with E-state index < -0.39 is 26.5 Å². The van der Waals surface area contributed by atoms with E-state index in [1.807, 2.05) is 6.07 Å². The van der Waals surface area contributed by atoms with E-state index in [9.17, 15) is 22.9 Å². The van der Waals surface area contributed by atoms with Crippen LogP contribution in [0.3, 0.4) is 0 Å². The summed E-state index contributed by atoms with van der Waals surface area (Å²) in [6.07, 6.45) is 0.00251. The highest BCUT2D eigenvalue weighted by Crippen LogP contribution is 2.23. The molecule has 0 radical (unpaired) electrons. The first kappa shape index (κ1) is 16.0. The third-order valence-corrected chi connectivity index (χ3v) is 4.55. The molecule has 0 fully saturated rings. The number of nitro groups is 1. The van der Waals surface area contributed by atoms with E-state index in [-0.39, 0.29) is 24.4 Å². The van der Waals surface area contributed by atoms with Crippen molar-refractivity contribution in [2.75, 3.05) is 13.1 Å². The summed E-state index contributed by atoms with van der Waals surface area (Å²) in [6, 6.07) is 4.22. The predicted molar refractivity (Wildman–Crippen MR) is 67.7 cm³/mol. The van der Waals surface area contributed by atoms with Crippen molar-refractivity contribution in [2.45, 2.75) is 18.2 Å². The second-order valence-electron chi connectivity index (χ2n) is 3.78. The fraction of sp³-hybridized carbons (Fsp3) is 0.364. The number of benzene rings is 1. The standard InChI is InChI=1S/C11H12FN3O4S/c1-2-14(7-3-6-13)20(18,19)9-4-5-11(15(16)17)10(12)8-9/h4-5,8H,2-3,7H2,1H3. The molecule has 0 aliphatic rings. The number of halogens is 1. The van der Waals surface area contributed by atoms with Gasteiger partial charge in [-0.1, -0.05) is 6.92 Å². The van der Waals surface area contributed by atoms with E-state index in [2.05, 4.69) is 0 Å². The van der Waals surface area contributed by atoms with E-state index in [4.69, 9.17) is 5.26 Å². The van der Waals surface area contributed by atoms with Crippen molar-refractivity contribution in [3.63, 3.8) is 0 Å². The highest BCUT2D eigenvalue weighted by Gasteiger charge is 2.25. The van der Waals surface area contributed by atoms with Crippen molar-refractivity contribution in [3.8, 4) is 6.07 Å². The van der Waals surface area contributed by atoms with Crippen LogP contribution in [0.2, 0.25) is 0 Å². The van der Waals surface area contributed by atoms with Gasteiger partial charge in [0.15, 0.2) is 0 Å². The molecule has 20 heavy (non-hydrogen) atoms. The molecule has 108 valence electrons. The van der Waals surface area contributed by atoms with Gasteiger partial charge in [-0.2, -0.15) is 14.0 Å². The summed E-state index contributed by atoms with van der Waals surface area (Å²) in [5.41, 5.74) is -0.788. The number of rotatable bonds is 6. The summed E-state index contributed by atoms with van der Waals surface area (Å²) < 4.78 is 38.8. The Balaban J connectivity index is 3.19. The summed E-state index contributed by atoms with van der Waals surface area (Å²) in [7, 11) is -3.97. The monoisotopic (exact) mass is 301 g/mol. The Hall–Kier alpha value is -2.05. The predicted octanol–water partition coefficient (Wildman–Crippen LogP) is 1.66. The maximum absolute atomic E-state index is 13.5. The fourth-order valence-corrected chi connectivity index (χ4v) is 3.03. The van der Waals surface area contributed by atoms with Crippen molar-refractivity contribution in [1.29, 1.82) is 5.26 Å². The van der Waals surface area contributed by atoms with Gasteiger partial charge in [-0.25, -0.2) is 8.42 Å². The Morgan fingerprint density at radius 1 is 1.50 bits per heavy atom. The number of nitro benzene ring substituents is 1. The molecule has 0 spiro atoms. The largest absolute Gasteiger partial charge is 0.304 e. The molecule has 7 nitrogen and oxygen atoms in total. The molecule has 0 saturated carbocycles. The minimum absolute atomic E-state index is 0.00251. The molecule has 0 aromatic heterocycles. The molecular weight excluding hydrogens is 289 g/mol. The Morgan fingerprint density at radius 3 is 2.60 bits per heavy atom. The lowest BCUT2D eigenvalue weighted by atomic mass is 10.3. The van der Waals surface area contributed by atoms with E-state index in [1.54, 1.807) is 6.92 Å². The number of nitrogens with zero attached hydrogens (tertiary/aromatic N) is 3. The van der Waals surface area contributed by atoms with Crippen LogP contribution in [-0.2, 0) is 10.0 Å². The number of hydrogen-bond acceptors (Lipinski definition) is 5. The molecule has 0 unspecified atom stereocenters. The zero-order valence-electron chi connectivity index (χ0n) is 10.6. The lowest BCUT2D eigenvalue weighted by molar-refractivity contribution is -0.387. The second kappa shape index (κ2) is 6.40. The smallest absolute Gasteiger partial charge is 0.258 e. The Bertz CT molecular complexity index is 654. The molecule has 0 amide bonds. The van der Waals surface area contributed by atoms with Gasteiger partial charge in [0.1, 0.15) is 0 Å². The fourth-order valence-electron chi connectivity index (χ4n) is 1.57. The quantitative estimate of drug-likeness (QED) is 0.587. The number of hydrogen-bond donors (Lipinski definition) is 0. The van der Waals surface area contributed by atoms with Gasteiger partial charge in [0.05, 0.1) is 15.9 Å². The van der Waals surface area contributed by atoms with Crippen LogP contribution in [-0.4, -0.2) is 30.7 Å². The van der Waals surface area contributed by atoms with E-state index >= 15 is 0 Å². The highest BCUT2D eigenvalue weighted by atomic mass is 32.2. The van der Waals surface area contributed by atoms with E-state index in [0.29, 0.717) is 6.07 Å². The summed E-state index contributed by atoms with van der Waals surface area (Å²) in [6.45, 7) is 1.67. The van der Waals surface area contributed by atoms with Crippen LogP contribution < -0.4 is 0 Å². The van der Waals surface area contributed by atoms with Gasteiger partial charge in [0.25, 0.3) is 0 Å². The van der Waals surface area contributed by atoms with Gasteiger partial charge in [0.2, 0.25) is 15.8 Å². The first-order valence-corrected chi connectivity index (χ1v) is 7.09. The van der Waals surface area contributed by atoms with Gasteiger partial charge in [-0.15, -0.1) is 0 Å². The molecule has 0 atom stereocenters. The van der Waals surface area contributed by atoms with Gasteiger partial charge >= 0.3 is 5.69 Å². The third-order valence-electron chi connectivity index (χ3n) is 2.58. The maximum atomic E-state index is 13.5. The SMILES string of the molecule is CCN(CCC#N)S(=O)(=O)c1ccc([N+](=O)[O-])c(F)c1. The van der Waals surface area contributed by atoms with Crippen molar-refractivity contribution in [1.82, 2.24) is 4.31 Å². The maximum Gasteiger partial charge on any atom is 0.304 e. The zero-order chi connectivity index (χ0) is 15.3. The summed E-state index contributed by atoms with van der Waals surface area (Å²) in [5, 5.41) is 19.0. The molecule has 0 heterocycles. The molecule has 0 saturated heterocycles. The topological polar surface area (TPSA) is 104 Å². The van der Waals surface area contributed by atoms with Crippen LogP contribution in [0.5, 0.6) is 0 Å². The second-order valence-corrected chi connectivity index (χ2v) is 5.71. The van der Waals surface area contributed by atoms with Crippen molar-refractivity contribution < 1.29 is 17.7 Å². The van der Waals surface area contributed by atoms with Crippen LogP contribution >= 0.6 is 0 Å². The summed E-state index contributed by atoms with van der Waals surface area (Å²) in [5.74, 6) is -1.22. The third kappa shape index (κ3) is 3.28. The van der Waals surface area contributed by atoms with E-state index in [0.717, 1.165) is 16.4 Å². The minimum Gasteiger partial charge on any atom is -0.258 e. The molecule has 0 aliphatic carbocycles. The molecule has 1 aromatic carbocycles. The average Bonchev–Trinajstić information content (AvgIpc) is 2.38. The molecular formula is C11H12FN3O4S. The highest BCUT2D eigenvalue weighted by molar-refractivity contribution is 7.89. The average molecular weight is 301 g/mol. The number of sulfonamides is 1. The van der Waals surface area contributed by atoms with E-state index in [1.165, 1.54) is 0 Å². The van der Waals surface area contributed by atoms with Gasteiger partial charge in [-0.05, 0) is 6.07 Å². The molecule has 1 aromatic rings. The molecule has 9 heteroatoms. The normalized spacial score (nSPS) is 11.3. The van der Waals surface area contributed by atoms with Crippen LogP contribution in [0.25, 0.3) is 0 Å². The first-order chi connectivity index (χ1) is 9.34. The molecule has 0 aliphatic heterocycles. The van der Waals surface area contributed by atoms with Gasteiger partial charge in [-0.3, -0.25) is 10.1 Å². The van der Waals surface area contributed by atoms with Crippen LogP contribution in [0.15, 0.2) is 23.1 Å². The van der Waals surface area contributed by atoms with Gasteiger partial charge in [0, 0.05) is 31.6 Å². The zero-order valence-corrected chi connectivity index (χ0v) is 11.4. The van der Waals surface area contributed by atoms with Crippen LogP contribution in [0, 0.1) is 27.3 Å². The molecule has 0 N–H and O–H groups in total. The lowest BCUT2D eigenvalue weighted by Gasteiger charge is -2.19. The summed E-state index contributed by atoms with van der Waals surface area (Å²) >= 11 is 0. The van der Waals surface area contributed by atoms with Crippen molar-refractivity contribution in [2.24, 2.45) is 0 Å².